The van der Waals surface area contributed by atoms with Gasteiger partial charge in [-0.05, 0) is 54.4 Å². The highest BCUT2D eigenvalue weighted by molar-refractivity contribution is 7.89. The van der Waals surface area contributed by atoms with Crippen LogP contribution in [-0.4, -0.2) is 19.3 Å². The maximum atomic E-state index is 13.3. The molecule has 0 spiro atoms. The molecule has 0 atom stereocenters. The molecule has 0 radical (unpaired) electrons. The van der Waals surface area contributed by atoms with Crippen LogP contribution in [0.1, 0.15) is 26.5 Å². The fourth-order valence-electron chi connectivity index (χ4n) is 3.11. The maximum absolute atomic E-state index is 13.3. The molecule has 0 unspecified atom stereocenters. The minimum atomic E-state index is -3.82. The van der Waals surface area contributed by atoms with Crippen LogP contribution in [0, 0.1) is 12.7 Å². The number of rotatable bonds is 8. The van der Waals surface area contributed by atoms with Crippen molar-refractivity contribution in [2.45, 2.75) is 24.9 Å². The molecule has 0 fully saturated rings. The van der Waals surface area contributed by atoms with Gasteiger partial charge in [0.25, 0.3) is 5.91 Å². The SMILES string of the molecule is Cc1sc(-c2ccco2)nc1C(=O)NCc1cccc(S(=O)(=O)NCc2cccc(F)c2)c1. The molecule has 0 aliphatic rings. The topological polar surface area (TPSA) is 101 Å². The van der Waals surface area contributed by atoms with Gasteiger partial charge in [-0.25, -0.2) is 22.5 Å². The molecule has 4 aromatic rings. The van der Waals surface area contributed by atoms with Crippen molar-refractivity contribution in [1.29, 1.82) is 0 Å². The number of aromatic nitrogens is 1. The normalized spacial score (nSPS) is 11.5. The van der Waals surface area contributed by atoms with Crippen LogP contribution < -0.4 is 10.0 Å². The average Bonchev–Trinajstić information content (AvgIpc) is 3.46. The Morgan fingerprint density at radius 2 is 1.82 bits per heavy atom. The molecule has 170 valence electrons. The van der Waals surface area contributed by atoms with Crippen LogP contribution in [0.2, 0.25) is 0 Å². The van der Waals surface area contributed by atoms with E-state index >= 15 is 0 Å². The summed E-state index contributed by atoms with van der Waals surface area (Å²) in [6.07, 6.45) is 1.54. The second-order valence-electron chi connectivity index (χ2n) is 7.19. The van der Waals surface area contributed by atoms with E-state index in [1.54, 1.807) is 43.5 Å². The number of hydrogen-bond acceptors (Lipinski definition) is 6. The molecular formula is C23H20FN3O4S2. The van der Waals surface area contributed by atoms with E-state index in [0.717, 1.165) is 4.88 Å². The Morgan fingerprint density at radius 1 is 1.06 bits per heavy atom. The summed E-state index contributed by atoms with van der Waals surface area (Å²) in [6.45, 7) is 1.89. The third kappa shape index (κ3) is 5.54. The van der Waals surface area contributed by atoms with Crippen LogP contribution >= 0.6 is 11.3 Å². The third-order valence-corrected chi connectivity index (χ3v) is 7.15. The van der Waals surface area contributed by atoms with Crippen LogP contribution in [0.3, 0.4) is 0 Å². The van der Waals surface area contributed by atoms with E-state index in [9.17, 15) is 17.6 Å². The molecule has 0 saturated carbocycles. The predicted molar refractivity (Wildman–Crippen MR) is 123 cm³/mol. The van der Waals surface area contributed by atoms with E-state index in [1.807, 2.05) is 0 Å². The second kappa shape index (κ2) is 9.65. The number of sulfonamides is 1. The van der Waals surface area contributed by atoms with Crippen LogP contribution in [0.25, 0.3) is 10.8 Å². The van der Waals surface area contributed by atoms with Crippen LogP contribution in [0.15, 0.2) is 76.2 Å². The summed E-state index contributed by atoms with van der Waals surface area (Å²) in [7, 11) is -3.82. The number of hydrogen-bond donors (Lipinski definition) is 2. The summed E-state index contributed by atoms with van der Waals surface area (Å²) in [4.78, 5) is 17.8. The van der Waals surface area contributed by atoms with Gasteiger partial charge in [0.05, 0.1) is 11.2 Å². The molecule has 33 heavy (non-hydrogen) atoms. The van der Waals surface area contributed by atoms with Crippen molar-refractivity contribution in [1.82, 2.24) is 15.0 Å². The first kappa shape index (κ1) is 22.8. The fraction of sp³-hybridized carbons (Fsp3) is 0.130. The number of furan rings is 1. The summed E-state index contributed by atoms with van der Waals surface area (Å²) >= 11 is 1.36. The fourth-order valence-corrected chi connectivity index (χ4v) is 5.08. The Hall–Kier alpha value is -3.34. The number of aryl methyl sites for hydroxylation is 1. The Morgan fingerprint density at radius 3 is 2.55 bits per heavy atom. The highest BCUT2D eigenvalue weighted by Gasteiger charge is 2.18. The van der Waals surface area contributed by atoms with Crippen molar-refractivity contribution >= 4 is 27.3 Å². The highest BCUT2D eigenvalue weighted by Crippen LogP contribution is 2.27. The van der Waals surface area contributed by atoms with E-state index in [1.165, 1.54) is 41.7 Å². The molecule has 2 heterocycles. The lowest BCUT2D eigenvalue weighted by Crippen LogP contribution is -2.25. The van der Waals surface area contributed by atoms with Crippen molar-refractivity contribution in [2.24, 2.45) is 0 Å². The summed E-state index contributed by atoms with van der Waals surface area (Å²) in [5, 5.41) is 3.39. The van der Waals surface area contributed by atoms with Gasteiger partial charge in [0.1, 0.15) is 11.5 Å². The summed E-state index contributed by atoms with van der Waals surface area (Å²) in [5.74, 6) is -0.207. The molecule has 0 saturated heterocycles. The number of nitrogens with zero attached hydrogens (tertiary/aromatic N) is 1. The molecule has 0 aliphatic carbocycles. The molecule has 7 nitrogen and oxygen atoms in total. The minimum Gasteiger partial charge on any atom is -0.462 e. The van der Waals surface area contributed by atoms with E-state index in [4.69, 9.17) is 4.42 Å². The Labute approximate surface area is 194 Å². The zero-order valence-electron chi connectivity index (χ0n) is 17.5. The smallest absolute Gasteiger partial charge is 0.271 e. The number of thiazole rings is 1. The summed E-state index contributed by atoms with van der Waals surface area (Å²) in [5.41, 5.74) is 1.41. The highest BCUT2D eigenvalue weighted by atomic mass is 32.2. The Kier molecular flexibility index (Phi) is 6.68. The lowest BCUT2D eigenvalue weighted by atomic mass is 10.2. The molecular weight excluding hydrogens is 465 g/mol. The number of benzene rings is 2. The average molecular weight is 486 g/mol. The number of carbonyl (C=O) groups excluding carboxylic acids is 1. The molecule has 2 aromatic carbocycles. The van der Waals surface area contributed by atoms with Crippen LogP contribution in [-0.2, 0) is 23.1 Å². The quantitative estimate of drug-likeness (QED) is 0.388. The van der Waals surface area contributed by atoms with Gasteiger partial charge in [-0.3, -0.25) is 4.79 Å². The Balaban J connectivity index is 1.41. The number of amides is 1. The molecule has 0 bridgehead atoms. The first-order valence-corrected chi connectivity index (χ1v) is 12.2. The summed E-state index contributed by atoms with van der Waals surface area (Å²) < 4.78 is 46.4. The molecule has 2 aromatic heterocycles. The van der Waals surface area contributed by atoms with Gasteiger partial charge >= 0.3 is 0 Å². The van der Waals surface area contributed by atoms with Gasteiger partial charge < -0.3 is 9.73 Å². The van der Waals surface area contributed by atoms with Crippen LogP contribution in [0.4, 0.5) is 4.39 Å². The molecule has 0 aliphatic heterocycles. The van der Waals surface area contributed by atoms with Gasteiger partial charge in [-0.15, -0.1) is 11.3 Å². The summed E-state index contributed by atoms with van der Waals surface area (Å²) in [6, 6.07) is 15.5. The van der Waals surface area contributed by atoms with E-state index < -0.39 is 15.8 Å². The first-order chi connectivity index (χ1) is 15.8. The van der Waals surface area contributed by atoms with Gasteiger partial charge in [0, 0.05) is 18.0 Å². The number of carbonyl (C=O) groups is 1. The van der Waals surface area contributed by atoms with Gasteiger partial charge in [-0.1, -0.05) is 24.3 Å². The van der Waals surface area contributed by atoms with E-state index in [2.05, 4.69) is 15.0 Å². The monoisotopic (exact) mass is 485 g/mol. The van der Waals surface area contributed by atoms with E-state index in [0.29, 0.717) is 27.6 Å². The van der Waals surface area contributed by atoms with Crippen molar-refractivity contribution < 1.29 is 22.0 Å². The number of nitrogens with one attached hydrogen (secondary N) is 2. The van der Waals surface area contributed by atoms with Gasteiger partial charge in [0.15, 0.2) is 10.8 Å². The zero-order chi connectivity index (χ0) is 23.4. The van der Waals surface area contributed by atoms with E-state index in [-0.39, 0.29) is 23.9 Å². The minimum absolute atomic E-state index is 0.0395. The molecule has 1 amide bonds. The standard InChI is InChI=1S/C23H20FN3O4S2/c1-15-21(27-23(32-15)20-9-4-10-31-20)22(28)25-13-17-6-3-8-19(12-17)33(29,30)26-14-16-5-2-7-18(24)11-16/h2-12,26H,13-14H2,1H3,(H,25,28). The van der Waals surface area contributed by atoms with Crippen molar-refractivity contribution in [3.05, 3.63) is 94.4 Å². The van der Waals surface area contributed by atoms with Crippen molar-refractivity contribution in [3.63, 3.8) is 0 Å². The predicted octanol–water partition coefficient (Wildman–Crippen LogP) is 4.26. The van der Waals surface area contributed by atoms with Crippen molar-refractivity contribution in [2.75, 3.05) is 0 Å². The van der Waals surface area contributed by atoms with Crippen LogP contribution in [0.5, 0.6) is 0 Å². The molecule has 4 rings (SSSR count). The lowest BCUT2D eigenvalue weighted by Gasteiger charge is -2.09. The lowest BCUT2D eigenvalue weighted by molar-refractivity contribution is 0.0946. The molecule has 2 N–H and O–H groups in total. The molecule has 10 heteroatoms. The second-order valence-corrected chi connectivity index (χ2v) is 10.2. The zero-order valence-corrected chi connectivity index (χ0v) is 19.2. The van der Waals surface area contributed by atoms with Gasteiger partial charge in [0.2, 0.25) is 10.0 Å². The van der Waals surface area contributed by atoms with Crippen molar-refractivity contribution in [3.8, 4) is 10.8 Å². The largest absolute Gasteiger partial charge is 0.462 e. The Bertz CT molecular complexity index is 1380. The first-order valence-electron chi connectivity index (χ1n) is 9.94. The maximum Gasteiger partial charge on any atom is 0.271 e. The number of halogens is 1. The third-order valence-electron chi connectivity index (χ3n) is 4.76. The van der Waals surface area contributed by atoms with Gasteiger partial charge in [-0.2, -0.15) is 0 Å².